The SMILES string of the molecule is C=NOC(CC/C(=C/C(Cc1ccc(F)c(OC)c1)=NCC)N=C)C1CCC(NC(=O)N(C)CC(O)CO)CC1.NC=O. The molecule has 43 heavy (non-hydrogen) atoms. The molecule has 0 aromatic heterocycles. The van der Waals surface area contributed by atoms with Crippen molar-refractivity contribution in [3.05, 3.63) is 41.4 Å². The third-order valence-electron chi connectivity index (χ3n) is 7.06. The molecule has 0 aliphatic heterocycles. The number of likely N-dealkylation sites (N-methyl/N-ethyl adjacent to an activating group) is 1. The van der Waals surface area contributed by atoms with E-state index < -0.39 is 18.5 Å². The number of rotatable bonds is 16. The average molecular weight is 607 g/mol. The Bertz CT molecular complexity index is 1080. The van der Waals surface area contributed by atoms with Crippen molar-refractivity contribution in [3.63, 3.8) is 0 Å². The lowest BCUT2D eigenvalue weighted by Gasteiger charge is -2.33. The molecule has 1 saturated carbocycles. The molecule has 1 aliphatic rings. The summed E-state index contributed by atoms with van der Waals surface area (Å²) in [5.41, 5.74) is 6.63. The first-order valence-electron chi connectivity index (χ1n) is 14.3. The van der Waals surface area contributed by atoms with E-state index in [1.54, 1.807) is 19.2 Å². The van der Waals surface area contributed by atoms with Crippen LogP contribution in [0.25, 0.3) is 0 Å². The monoisotopic (exact) mass is 606 g/mol. The number of hydrogen-bond donors (Lipinski definition) is 4. The van der Waals surface area contributed by atoms with E-state index in [9.17, 15) is 14.3 Å². The first-order chi connectivity index (χ1) is 20.6. The van der Waals surface area contributed by atoms with Gasteiger partial charge < -0.3 is 35.7 Å². The van der Waals surface area contributed by atoms with Crippen molar-refractivity contribution < 1.29 is 33.8 Å². The summed E-state index contributed by atoms with van der Waals surface area (Å²) in [7, 11) is 3.03. The molecule has 0 bridgehead atoms. The molecule has 13 heteroatoms. The van der Waals surface area contributed by atoms with Crippen LogP contribution in [-0.4, -0.2) is 98.8 Å². The van der Waals surface area contributed by atoms with Gasteiger partial charge >= 0.3 is 6.03 Å². The van der Waals surface area contributed by atoms with Crippen LogP contribution in [0.1, 0.15) is 51.0 Å². The first-order valence-corrected chi connectivity index (χ1v) is 14.3. The van der Waals surface area contributed by atoms with Crippen molar-refractivity contribution in [3.8, 4) is 5.75 Å². The fourth-order valence-corrected chi connectivity index (χ4v) is 4.91. The molecule has 5 N–H and O–H groups in total. The highest BCUT2D eigenvalue weighted by Crippen LogP contribution is 2.31. The number of nitrogens with zero attached hydrogens (tertiary/aromatic N) is 4. The number of ether oxygens (including phenoxy) is 1. The lowest BCUT2D eigenvalue weighted by atomic mass is 9.81. The minimum absolute atomic E-state index is 0.0259. The van der Waals surface area contributed by atoms with E-state index in [0.29, 0.717) is 25.8 Å². The Morgan fingerprint density at radius 1 is 1.30 bits per heavy atom. The molecule has 1 fully saturated rings. The lowest BCUT2D eigenvalue weighted by molar-refractivity contribution is -0.106. The van der Waals surface area contributed by atoms with E-state index in [-0.39, 0.29) is 42.8 Å². The minimum atomic E-state index is -0.962. The van der Waals surface area contributed by atoms with Crippen molar-refractivity contribution in [2.24, 2.45) is 26.8 Å². The summed E-state index contributed by atoms with van der Waals surface area (Å²) in [5, 5.41) is 25.3. The maximum absolute atomic E-state index is 13.8. The van der Waals surface area contributed by atoms with Crippen molar-refractivity contribution in [2.75, 3.05) is 33.9 Å². The topological polar surface area (TPSA) is 171 Å². The third kappa shape index (κ3) is 13.8. The molecular weight excluding hydrogens is 559 g/mol. The third-order valence-corrected chi connectivity index (χ3v) is 7.06. The van der Waals surface area contributed by atoms with Crippen LogP contribution in [0.4, 0.5) is 9.18 Å². The fraction of sp³-hybridized carbons (Fsp3) is 0.567. The van der Waals surface area contributed by atoms with Crippen LogP contribution in [0, 0.1) is 11.7 Å². The zero-order valence-electron chi connectivity index (χ0n) is 25.5. The molecule has 2 unspecified atom stereocenters. The molecule has 1 aliphatic carbocycles. The van der Waals surface area contributed by atoms with Crippen LogP contribution in [0.15, 0.2) is 45.1 Å². The quantitative estimate of drug-likeness (QED) is 0.128. The normalized spacial score (nSPS) is 18.3. The molecule has 12 nitrogen and oxygen atoms in total. The zero-order valence-corrected chi connectivity index (χ0v) is 25.5. The number of oxime groups is 1. The number of aliphatic hydroxyl groups excluding tert-OH is 2. The summed E-state index contributed by atoms with van der Waals surface area (Å²) < 4.78 is 18.9. The molecule has 0 heterocycles. The molecule has 0 radical (unpaired) electrons. The second-order valence-electron chi connectivity index (χ2n) is 10.1. The largest absolute Gasteiger partial charge is 0.494 e. The molecule has 0 saturated heterocycles. The Labute approximate surface area is 253 Å². The fourth-order valence-electron chi connectivity index (χ4n) is 4.91. The number of carbonyl (C=O) groups is 2. The van der Waals surface area contributed by atoms with E-state index in [1.807, 2.05) is 13.0 Å². The van der Waals surface area contributed by atoms with Gasteiger partial charge in [0.25, 0.3) is 0 Å². The van der Waals surface area contributed by atoms with Gasteiger partial charge in [0.05, 0.1) is 26.4 Å². The van der Waals surface area contributed by atoms with Crippen LogP contribution in [0.3, 0.4) is 0 Å². The minimum Gasteiger partial charge on any atom is -0.494 e. The summed E-state index contributed by atoms with van der Waals surface area (Å²) in [6.45, 7) is 9.47. The van der Waals surface area contributed by atoms with Crippen LogP contribution in [0.5, 0.6) is 5.75 Å². The maximum atomic E-state index is 13.8. The van der Waals surface area contributed by atoms with Gasteiger partial charge in [0, 0.05) is 44.2 Å². The van der Waals surface area contributed by atoms with Crippen LogP contribution >= 0.6 is 0 Å². The van der Waals surface area contributed by atoms with Crippen molar-refractivity contribution in [1.29, 1.82) is 0 Å². The molecule has 0 spiro atoms. The highest BCUT2D eigenvalue weighted by Gasteiger charge is 2.30. The Hall–Kier alpha value is -3.84. The smallest absolute Gasteiger partial charge is 0.317 e. The molecule has 1 aromatic rings. The number of hydrogen-bond acceptors (Lipinski definition) is 9. The number of methoxy groups -OCH3 is 1. The Kier molecular flexibility index (Phi) is 18.1. The highest BCUT2D eigenvalue weighted by molar-refractivity contribution is 5.97. The van der Waals surface area contributed by atoms with Crippen LogP contribution < -0.4 is 15.8 Å². The van der Waals surface area contributed by atoms with Gasteiger partial charge in [0.1, 0.15) is 6.10 Å². The van der Waals surface area contributed by atoms with Crippen molar-refractivity contribution >= 4 is 31.6 Å². The molecule has 3 amide bonds. The summed E-state index contributed by atoms with van der Waals surface area (Å²) >= 11 is 0. The van der Waals surface area contributed by atoms with E-state index in [2.05, 4.69) is 39.6 Å². The number of aliphatic imine (C=N–C) groups is 2. The van der Waals surface area contributed by atoms with E-state index >= 15 is 0 Å². The number of carbonyl (C=O) groups excluding carboxylic acids is 2. The van der Waals surface area contributed by atoms with E-state index in [0.717, 1.165) is 42.7 Å². The van der Waals surface area contributed by atoms with Crippen LogP contribution in [0.2, 0.25) is 0 Å². The van der Waals surface area contributed by atoms with Gasteiger partial charge in [-0.25, -0.2) is 9.18 Å². The van der Waals surface area contributed by atoms with Crippen molar-refractivity contribution in [1.82, 2.24) is 10.2 Å². The summed E-state index contributed by atoms with van der Waals surface area (Å²) in [6.07, 6.45) is 6.10. The second-order valence-corrected chi connectivity index (χ2v) is 10.1. The van der Waals surface area contributed by atoms with Crippen LogP contribution in [-0.2, 0) is 16.1 Å². The standard InChI is InChI=1S/C29H44FN5O5.CH3NO/c1-6-33-24(15-20-7-13-26(30)28(16-20)39-5)17-23(31-2)12-14-27(40-32-3)21-8-10-22(11-9-21)34-29(38)35(4)18-25(37)19-36;2-1-3/h7,13,16-17,21-22,25,27,36-37H,2-3,6,8-12,14-15,18-19H2,1,4-5H3,(H,34,38);1H,(H2,2,3)/b23-17-,33-24?;. The Morgan fingerprint density at radius 2 is 1.98 bits per heavy atom. The number of primary amides is 1. The summed E-state index contributed by atoms with van der Waals surface area (Å²) in [6, 6.07) is 4.53. The molecule has 2 atom stereocenters. The summed E-state index contributed by atoms with van der Waals surface area (Å²) in [5.74, 6) is 0.0277. The number of benzene rings is 1. The average Bonchev–Trinajstić information content (AvgIpc) is 3.00. The number of halogens is 1. The molecule has 2 rings (SSSR count). The number of nitrogens with two attached hydrogens (primary N) is 1. The first kappa shape index (κ1) is 37.2. The van der Waals surface area contributed by atoms with E-state index in [1.165, 1.54) is 18.1 Å². The second kappa shape index (κ2) is 20.9. The van der Waals surface area contributed by atoms with E-state index in [4.69, 9.17) is 19.5 Å². The predicted octanol–water partition coefficient (Wildman–Crippen LogP) is 2.86. The van der Waals surface area contributed by atoms with Gasteiger partial charge in [-0.2, -0.15) is 0 Å². The van der Waals surface area contributed by atoms with Crippen molar-refractivity contribution in [2.45, 2.75) is 70.1 Å². The Balaban J connectivity index is 0.00000295. The molecular formula is C30H47FN6O6. The summed E-state index contributed by atoms with van der Waals surface area (Å²) in [4.78, 5) is 36.9. The van der Waals surface area contributed by atoms with Gasteiger partial charge in [-0.05, 0) is 81.9 Å². The Morgan fingerprint density at radius 3 is 2.53 bits per heavy atom. The van der Waals surface area contributed by atoms with Gasteiger partial charge in [0.15, 0.2) is 11.6 Å². The number of urea groups is 1. The lowest BCUT2D eigenvalue weighted by Crippen LogP contribution is -2.47. The number of allylic oxidation sites excluding steroid dienone is 2. The molecule has 240 valence electrons. The van der Waals surface area contributed by atoms with Gasteiger partial charge in [-0.3, -0.25) is 14.8 Å². The van der Waals surface area contributed by atoms with Gasteiger partial charge in [-0.1, -0.05) is 6.07 Å². The highest BCUT2D eigenvalue weighted by atomic mass is 19.1. The van der Waals surface area contributed by atoms with Gasteiger partial charge in [0.2, 0.25) is 6.41 Å². The predicted molar refractivity (Wildman–Crippen MR) is 166 cm³/mol. The number of nitrogens with one attached hydrogen (secondary N) is 1. The number of aliphatic hydroxyl groups is 2. The van der Waals surface area contributed by atoms with Gasteiger partial charge in [-0.15, -0.1) is 5.16 Å². The maximum Gasteiger partial charge on any atom is 0.317 e. The zero-order chi connectivity index (χ0) is 32.2. The molecule has 1 aromatic carbocycles. The number of amides is 3.